The van der Waals surface area contributed by atoms with Gasteiger partial charge in [-0.15, -0.1) is 0 Å². The van der Waals surface area contributed by atoms with Crippen LogP contribution in [-0.4, -0.2) is 9.13 Å². The van der Waals surface area contributed by atoms with E-state index in [0.717, 1.165) is 100.0 Å². The van der Waals surface area contributed by atoms with Crippen molar-refractivity contribution in [3.63, 3.8) is 0 Å². The van der Waals surface area contributed by atoms with Crippen LogP contribution in [-0.2, 0) is 6.18 Å². The highest BCUT2D eigenvalue weighted by molar-refractivity contribution is 6.12. The fourth-order valence-corrected chi connectivity index (χ4v) is 9.62. The third-order valence-corrected chi connectivity index (χ3v) is 12.9. The van der Waals surface area contributed by atoms with E-state index in [1.54, 1.807) is 13.0 Å². The Hall–Kier alpha value is -8.14. The quantitative estimate of drug-likeness (QED) is 0.164. The summed E-state index contributed by atoms with van der Waals surface area (Å²) >= 11 is 0. The van der Waals surface area contributed by atoms with E-state index in [-0.39, 0.29) is 0 Å². The minimum Gasteiger partial charge on any atom is -0.309 e. The number of alkyl halides is 3. The normalized spacial score (nSPS) is 11.8. The topological polar surface area (TPSA) is 33.6 Å². The largest absolute Gasteiger partial charge is 0.416 e. The summed E-state index contributed by atoms with van der Waals surface area (Å²) in [6.07, 6.45) is -4.49. The van der Waals surface area contributed by atoms with Gasteiger partial charge in [-0.05, 0) is 144 Å². The van der Waals surface area contributed by atoms with Crippen molar-refractivity contribution >= 4 is 43.6 Å². The molecule has 0 spiro atoms. The molecule has 0 amide bonds. The van der Waals surface area contributed by atoms with Crippen LogP contribution in [0.2, 0.25) is 0 Å². The number of nitrogens with zero attached hydrogens (tertiary/aromatic N) is 3. The summed E-state index contributed by atoms with van der Waals surface area (Å²) in [6.45, 7) is 5.90. The van der Waals surface area contributed by atoms with Gasteiger partial charge < -0.3 is 9.13 Å². The molecule has 0 unspecified atom stereocenters. The maximum atomic E-state index is 14.1. The summed E-state index contributed by atoms with van der Waals surface area (Å²) in [5.41, 5.74) is 15.8. The minimum atomic E-state index is -4.49. The fraction of sp³-hybridized carbons (Fsp3) is 0.0678. The number of aromatic nitrogens is 2. The van der Waals surface area contributed by atoms with E-state index in [0.29, 0.717) is 16.7 Å². The third kappa shape index (κ3) is 6.76. The molecule has 2 aromatic heterocycles. The van der Waals surface area contributed by atoms with E-state index in [2.05, 4.69) is 163 Å². The minimum absolute atomic E-state index is 0.465. The molecule has 0 atom stereocenters. The number of hydrogen-bond donors (Lipinski definition) is 0. The number of para-hydroxylation sites is 2. The van der Waals surface area contributed by atoms with Crippen LogP contribution in [0.15, 0.2) is 188 Å². The zero-order chi connectivity index (χ0) is 44.6. The zero-order valence-electron chi connectivity index (χ0n) is 35.9. The Bertz CT molecular complexity index is 3730. The van der Waals surface area contributed by atoms with Gasteiger partial charge in [-0.3, -0.25) is 0 Å². The summed E-state index contributed by atoms with van der Waals surface area (Å²) in [5, 5.41) is 14.8. The van der Waals surface area contributed by atoms with E-state index in [4.69, 9.17) is 0 Å². The molecule has 6 heteroatoms. The molecule has 0 aliphatic heterocycles. The average molecular weight is 848 g/mol. The molecule has 0 saturated carbocycles. The Morgan fingerprint density at radius 1 is 0.415 bits per heavy atom. The molecule has 0 fully saturated rings. The molecule has 312 valence electrons. The number of rotatable bonds is 6. The lowest BCUT2D eigenvalue weighted by Crippen LogP contribution is -2.05. The van der Waals surface area contributed by atoms with Crippen molar-refractivity contribution in [3.05, 3.63) is 216 Å². The third-order valence-electron chi connectivity index (χ3n) is 12.9. The Balaban J connectivity index is 1.19. The average Bonchev–Trinajstić information content (AvgIpc) is 3.83. The lowest BCUT2D eigenvalue weighted by Gasteiger charge is -2.20. The molecular formula is C59H40F3N3. The van der Waals surface area contributed by atoms with Crippen molar-refractivity contribution in [1.29, 1.82) is 5.26 Å². The Labute approximate surface area is 374 Å². The second-order valence-electron chi connectivity index (χ2n) is 17.0. The molecule has 0 aliphatic carbocycles. The van der Waals surface area contributed by atoms with Crippen molar-refractivity contribution in [1.82, 2.24) is 9.13 Å². The summed E-state index contributed by atoms with van der Waals surface area (Å²) in [4.78, 5) is 0. The van der Waals surface area contributed by atoms with Crippen molar-refractivity contribution in [2.75, 3.05) is 0 Å². The maximum Gasteiger partial charge on any atom is 0.416 e. The summed E-state index contributed by atoms with van der Waals surface area (Å²) < 4.78 is 46.8. The van der Waals surface area contributed by atoms with Crippen LogP contribution >= 0.6 is 0 Å². The van der Waals surface area contributed by atoms with E-state index in [9.17, 15) is 18.4 Å². The predicted octanol–water partition coefficient (Wildman–Crippen LogP) is 16.4. The van der Waals surface area contributed by atoms with Gasteiger partial charge in [-0.1, -0.05) is 120 Å². The van der Waals surface area contributed by atoms with E-state index < -0.39 is 11.7 Å². The molecular weight excluding hydrogens is 808 g/mol. The summed E-state index contributed by atoms with van der Waals surface area (Å²) in [7, 11) is 0. The Morgan fingerprint density at radius 3 is 1.51 bits per heavy atom. The van der Waals surface area contributed by atoms with Gasteiger partial charge in [-0.2, -0.15) is 18.4 Å². The van der Waals surface area contributed by atoms with Gasteiger partial charge in [-0.25, -0.2) is 0 Å². The zero-order valence-corrected chi connectivity index (χ0v) is 35.9. The van der Waals surface area contributed by atoms with Gasteiger partial charge in [0.05, 0.1) is 45.0 Å². The second kappa shape index (κ2) is 15.3. The summed E-state index contributed by atoms with van der Waals surface area (Å²) in [5.74, 6) is 0. The highest BCUT2D eigenvalue weighted by Gasteiger charge is 2.31. The first-order chi connectivity index (χ1) is 31.5. The van der Waals surface area contributed by atoms with Gasteiger partial charge in [0.25, 0.3) is 0 Å². The highest BCUT2D eigenvalue weighted by Crippen LogP contribution is 2.45. The standard InChI is InChI=1S/C59H40F3N3/c1-36-12-17-40(18-13-36)42-21-28-56-52(32-42)48-8-4-6-10-54(48)64(56)45-24-26-47(46-25-23-44(30-38(46)3)59(60,61)62)50(34-45)51-31-39(35-63)16-27-57(51)65-55-11-7-5-9-49(55)53-33-43(22-29-58(53)65)41-19-14-37(2)15-20-41/h4-34H,1-3H3. The Kier molecular flexibility index (Phi) is 9.34. The van der Waals surface area contributed by atoms with E-state index in [1.165, 1.54) is 17.2 Å². The number of nitriles is 1. The number of aryl methyl sites for hydroxylation is 3. The molecule has 0 radical (unpaired) electrons. The monoisotopic (exact) mass is 847 g/mol. The van der Waals surface area contributed by atoms with Crippen LogP contribution in [0.4, 0.5) is 13.2 Å². The van der Waals surface area contributed by atoms with E-state index >= 15 is 0 Å². The van der Waals surface area contributed by atoms with Crippen LogP contribution in [0.1, 0.15) is 27.8 Å². The lowest BCUT2D eigenvalue weighted by atomic mass is 9.89. The van der Waals surface area contributed by atoms with Gasteiger partial charge in [0.1, 0.15) is 0 Å². The first kappa shape index (κ1) is 39.7. The van der Waals surface area contributed by atoms with Crippen LogP contribution in [0, 0.1) is 32.1 Å². The first-order valence-electron chi connectivity index (χ1n) is 21.6. The molecule has 3 nitrogen and oxygen atoms in total. The van der Waals surface area contributed by atoms with Gasteiger partial charge >= 0.3 is 6.18 Å². The predicted molar refractivity (Wildman–Crippen MR) is 261 cm³/mol. The SMILES string of the molecule is Cc1ccc(-c2ccc3c(c2)c2ccccc2n3-c2ccc(-c3ccc(C(F)(F)F)cc3C)c(-c3cc(C#N)ccc3-n3c4ccccc4c4cc(-c5ccc(C)cc5)ccc43)c2)cc1. The van der Waals surface area contributed by atoms with Crippen LogP contribution in [0.5, 0.6) is 0 Å². The molecule has 0 saturated heterocycles. The van der Waals surface area contributed by atoms with Crippen molar-refractivity contribution in [3.8, 4) is 62.0 Å². The second-order valence-corrected chi connectivity index (χ2v) is 17.0. The molecule has 0 N–H and O–H groups in total. The molecule has 9 aromatic carbocycles. The first-order valence-corrected chi connectivity index (χ1v) is 21.6. The van der Waals surface area contributed by atoms with Crippen LogP contribution in [0.3, 0.4) is 0 Å². The van der Waals surface area contributed by atoms with E-state index in [1.807, 2.05) is 36.4 Å². The smallest absolute Gasteiger partial charge is 0.309 e. The molecule has 11 rings (SSSR count). The fourth-order valence-electron chi connectivity index (χ4n) is 9.62. The van der Waals surface area contributed by atoms with Crippen LogP contribution in [0.25, 0.3) is 99.5 Å². The van der Waals surface area contributed by atoms with Gasteiger partial charge in [0.15, 0.2) is 0 Å². The number of halogens is 3. The van der Waals surface area contributed by atoms with Gasteiger partial charge in [0, 0.05) is 32.8 Å². The Morgan fingerprint density at radius 2 is 0.938 bits per heavy atom. The number of benzene rings is 9. The molecule has 65 heavy (non-hydrogen) atoms. The van der Waals surface area contributed by atoms with Crippen molar-refractivity contribution in [2.45, 2.75) is 26.9 Å². The highest BCUT2D eigenvalue weighted by atomic mass is 19.4. The maximum absolute atomic E-state index is 14.1. The summed E-state index contributed by atoms with van der Waals surface area (Å²) in [6, 6.07) is 65.2. The lowest BCUT2D eigenvalue weighted by molar-refractivity contribution is -0.137. The van der Waals surface area contributed by atoms with Crippen molar-refractivity contribution in [2.24, 2.45) is 0 Å². The number of fused-ring (bicyclic) bond motifs is 6. The van der Waals surface area contributed by atoms with Gasteiger partial charge in [0.2, 0.25) is 0 Å². The molecule has 0 aliphatic rings. The van der Waals surface area contributed by atoms with Crippen LogP contribution < -0.4 is 0 Å². The molecule has 11 aromatic rings. The van der Waals surface area contributed by atoms with Crippen molar-refractivity contribution < 1.29 is 13.2 Å². The number of hydrogen-bond acceptors (Lipinski definition) is 1. The molecule has 0 bridgehead atoms. The molecule has 2 heterocycles.